The van der Waals surface area contributed by atoms with Gasteiger partial charge in [-0.2, -0.15) is 0 Å². The van der Waals surface area contributed by atoms with Crippen LogP contribution in [-0.4, -0.2) is 23.5 Å². The highest BCUT2D eigenvalue weighted by molar-refractivity contribution is 5.94. The van der Waals surface area contributed by atoms with E-state index in [1.165, 1.54) is 0 Å². The Morgan fingerprint density at radius 1 is 1.14 bits per heavy atom. The van der Waals surface area contributed by atoms with Gasteiger partial charge >= 0.3 is 0 Å². The van der Waals surface area contributed by atoms with E-state index in [2.05, 4.69) is 0 Å². The van der Waals surface area contributed by atoms with Gasteiger partial charge in [0, 0.05) is 17.7 Å². The minimum Gasteiger partial charge on any atom is -0.489 e. The van der Waals surface area contributed by atoms with Crippen LogP contribution in [0.1, 0.15) is 28.4 Å². The van der Waals surface area contributed by atoms with Crippen molar-refractivity contribution in [3.05, 3.63) is 65.2 Å². The van der Waals surface area contributed by atoms with Crippen LogP contribution in [0.5, 0.6) is 5.75 Å². The minimum atomic E-state index is -0.0111. The number of hydrogen-bond donors (Lipinski definition) is 0. The van der Waals surface area contributed by atoms with Crippen molar-refractivity contribution in [2.24, 2.45) is 0 Å². The number of amides is 1. The third-order valence-electron chi connectivity index (χ3n) is 3.73. The van der Waals surface area contributed by atoms with Crippen LogP contribution in [-0.2, 0) is 6.54 Å². The summed E-state index contributed by atoms with van der Waals surface area (Å²) in [5.41, 5.74) is 2.94. The fourth-order valence-corrected chi connectivity index (χ4v) is 2.62. The highest BCUT2D eigenvalue weighted by Gasteiger charge is 2.24. The lowest BCUT2D eigenvalue weighted by Crippen LogP contribution is -2.36. The SMILES string of the molecule is Cc1ccc(C(=O)N2Cc3ccccc3OC(C)C2)cc1. The van der Waals surface area contributed by atoms with Crippen LogP contribution in [0.25, 0.3) is 0 Å². The lowest BCUT2D eigenvalue weighted by atomic mass is 10.1. The van der Waals surface area contributed by atoms with Gasteiger partial charge in [0.1, 0.15) is 11.9 Å². The van der Waals surface area contributed by atoms with Crippen molar-refractivity contribution in [1.82, 2.24) is 4.90 Å². The topological polar surface area (TPSA) is 29.5 Å². The summed E-state index contributed by atoms with van der Waals surface area (Å²) < 4.78 is 5.90. The van der Waals surface area contributed by atoms with Crippen molar-refractivity contribution in [3.63, 3.8) is 0 Å². The number of benzene rings is 2. The Bertz CT molecular complexity index is 649. The van der Waals surface area contributed by atoms with Crippen molar-refractivity contribution in [2.45, 2.75) is 26.5 Å². The molecule has 1 aliphatic rings. The van der Waals surface area contributed by atoms with E-state index >= 15 is 0 Å². The fourth-order valence-electron chi connectivity index (χ4n) is 2.62. The Hall–Kier alpha value is -2.29. The monoisotopic (exact) mass is 281 g/mol. The van der Waals surface area contributed by atoms with Gasteiger partial charge in [-0.05, 0) is 32.0 Å². The highest BCUT2D eigenvalue weighted by atomic mass is 16.5. The van der Waals surface area contributed by atoms with E-state index in [1.54, 1.807) is 0 Å². The predicted molar refractivity (Wildman–Crippen MR) is 82.5 cm³/mol. The van der Waals surface area contributed by atoms with Crippen LogP contribution in [0.4, 0.5) is 0 Å². The van der Waals surface area contributed by atoms with E-state index in [4.69, 9.17) is 4.74 Å². The second kappa shape index (κ2) is 5.60. The lowest BCUT2D eigenvalue weighted by Gasteiger charge is -2.22. The standard InChI is InChI=1S/C18H19NO2/c1-13-7-9-15(10-8-13)18(20)19-11-14(2)21-17-6-4-3-5-16(17)12-19/h3-10,14H,11-12H2,1-2H3. The molecule has 0 N–H and O–H groups in total. The Morgan fingerprint density at radius 2 is 1.86 bits per heavy atom. The second-order valence-corrected chi connectivity index (χ2v) is 5.59. The Kier molecular flexibility index (Phi) is 3.65. The number of nitrogens with zero attached hydrogens (tertiary/aromatic N) is 1. The van der Waals surface area contributed by atoms with E-state index in [1.807, 2.05) is 67.3 Å². The molecule has 0 aromatic heterocycles. The van der Waals surface area contributed by atoms with Gasteiger partial charge in [-0.15, -0.1) is 0 Å². The van der Waals surface area contributed by atoms with Gasteiger partial charge < -0.3 is 9.64 Å². The quantitative estimate of drug-likeness (QED) is 0.801. The number of para-hydroxylation sites is 1. The zero-order valence-corrected chi connectivity index (χ0v) is 12.4. The van der Waals surface area contributed by atoms with E-state index in [0.29, 0.717) is 13.1 Å². The normalized spacial score (nSPS) is 17.6. The van der Waals surface area contributed by atoms with E-state index in [-0.39, 0.29) is 12.0 Å². The molecule has 0 radical (unpaired) electrons. The Morgan fingerprint density at radius 3 is 2.62 bits per heavy atom. The number of aryl methyl sites for hydroxylation is 1. The van der Waals surface area contributed by atoms with Crippen LogP contribution in [0.2, 0.25) is 0 Å². The van der Waals surface area contributed by atoms with E-state index in [0.717, 1.165) is 22.4 Å². The Labute approximate surface area is 125 Å². The van der Waals surface area contributed by atoms with Gasteiger partial charge in [-0.1, -0.05) is 35.9 Å². The zero-order chi connectivity index (χ0) is 14.8. The zero-order valence-electron chi connectivity index (χ0n) is 12.4. The molecule has 0 saturated heterocycles. The molecule has 2 aromatic carbocycles. The molecule has 0 aliphatic carbocycles. The van der Waals surface area contributed by atoms with Crippen LogP contribution < -0.4 is 4.74 Å². The van der Waals surface area contributed by atoms with Crippen molar-refractivity contribution in [3.8, 4) is 5.75 Å². The van der Waals surface area contributed by atoms with E-state index in [9.17, 15) is 4.79 Å². The fraction of sp³-hybridized carbons (Fsp3) is 0.278. The molecule has 2 aromatic rings. The average molecular weight is 281 g/mol. The summed E-state index contributed by atoms with van der Waals surface area (Å²) in [7, 11) is 0. The van der Waals surface area contributed by atoms with Crippen LogP contribution in [0.15, 0.2) is 48.5 Å². The van der Waals surface area contributed by atoms with Crippen molar-refractivity contribution >= 4 is 5.91 Å². The minimum absolute atomic E-state index is 0.0111. The third kappa shape index (κ3) is 2.92. The summed E-state index contributed by atoms with van der Waals surface area (Å²) in [5, 5.41) is 0. The molecule has 21 heavy (non-hydrogen) atoms. The number of hydrogen-bond acceptors (Lipinski definition) is 2. The largest absolute Gasteiger partial charge is 0.489 e. The van der Waals surface area contributed by atoms with Gasteiger partial charge in [0.2, 0.25) is 0 Å². The number of fused-ring (bicyclic) bond motifs is 1. The highest BCUT2D eigenvalue weighted by Crippen LogP contribution is 2.25. The molecule has 1 amide bonds. The van der Waals surface area contributed by atoms with E-state index < -0.39 is 0 Å². The van der Waals surface area contributed by atoms with Crippen LogP contribution in [0.3, 0.4) is 0 Å². The van der Waals surface area contributed by atoms with Crippen molar-refractivity contribution < 1.29 is 9.53 Å². The summed E-state index contributed by atoms with van der Waals surface area (Å²) >= 11 is 0. The van der Waals surface area contributed by atoms with Crippen LogP contribution in [0, 0.1) is 6.92 Å². The smallest absolute Gasteiger partial charge is 0.254 e. The third-order valence-corrected chi connectivity index (χ3v) is 3.73. The van der Waals surface area contributed by atoms with Gasteiger partial charge in [0.25, 0.3) is 5.91 Å². The molecular weight excluding hydrogens is 262 g/mol. The molecule has 0 spiro atoms. The summed E-state index contributed by atoms with van der Waals surface area (Å²) in [5.74, 6) is 0.936. The van der Waals surface area contributed by atoms with Gasteiger partial charge in [0.05, 0.1) is 6.54 Å². The summed E-state index contributed by atoms with van der Waals surface area (Å²) in [6.45, 7) is 5.21. The average Bonchev–Trinajstić information content (AvgIpc) is 2.65. The number of carbonyl (C=O) groups is 1. The molecule has 0 fully saturated rings. The molecule has 1 heterocycles. The summed E-state index contributed by atoms with van der Waals surface area (Å²) in [6.07, 6.45) is -0.0111. The number of carbonyl (C=O) groups excluding carboxylic acids is 1. The van der Waals surface area contributed by atoms with Crippen molar-refractivity contribution in [2.75, 3.05) is 6.54 Å². The maximum atomic E-state index is 12.7. The first kappa shape index (κ1) is 13.7. The molecule has 1 aliphatic heterocycles. The predicted octanol–water partition coefficient (Wildman–Crippen LogP) is 3.42. The Balaban J connectivity index is 1.88. The molecule has 3 rings (SSSR count). The van der Waals surface area contributed by atoms with Crippen molar-refractivity contribution in [1.29, 1.82) is 0 Å². The molecule has 3 nitrogen and oxygen atoms in total. The number of rotatable bonds is 1. The molecular formula is C18H19NO2. The second-order valence-electron chi connectivity index (χ2n) is 5.59. The lowest BCUT2D eigenvalue weighted by molar-refractivity contribution is 0.0690. The first-order chi connectivity index (χ1) is 10.1. The molecule has 108 valence electrons. The summed E-state index contributed by atoms with van der Waals surface area (Å²) in [6, 6.07) is 15.6. The van der Waals surface area contributed by atoms with Gasteiger partial charge in [-0.3, -0.25) is 4.79 Å². The molecule has 0 bridgehead atoms. The first-order valence-electron chi connectivity index (χ1n) is 7.24. The maximum Gasteiger partial charge on any atom is 0.254 e. The van der Waals surface area contributed by atoms with Crippen LogP contribution >= 0.6 is 0 Å². The molecule has 0 saturated carbocycles. The first-order valence-corrected chi connectivity index (χ1v) is 7.24. The van der Waals surface area contributed by atoms with Gasteiger partial charge in [-0.25, -0.2) is 0 Å². The summed E-state index contributed by atoms with van der Waals surface area (Å²) in [4.78, 5) is 14.6. The maximum absolute atomic E-state index is 12.7. The number of ether oxygens (including phenoxy) is 1. The molecule has 1 atom stereocenters. The van der Waals surface area contributed by atoms with Gasteiger partial charge in [0.15, 0.2) is 0 Å². The molecule has 3 heteroatoms. The molecule has 1 unspecified atom stereocenters.